The second-order valence-electron chi connectivity index (χ2n) is 4.09. The molecular weight excluding hydrogens is 297 g/mol. The number of carbonyl (C=O) groups is 2. The van der Waals surface area contributed by atoms with Crippen LogP contribution in [-0.4, -0.2) is 17.3 Å². The van der Waals surface area contributed by atoms with Crippen LogP contribution in [0.3, 0.4) is 0 Å². The zero-order chi connectivity index (χ0) is 15.5. The van der Waals surface area contributed by atoms with Crippen LogP contribution in [0.5, 0.6) is 0 Å². The predicted molar refractivity (Wildman–Crippen MR) is 68.7 cm³/mol. The molecule has 1 atom stereocenters. The summed E-state index contributed by atoms with van der Waals surface area (Å²) in [5, 5.41) is 3.11. The number of amides is 3. The van der Waals surface area contributed by atoms with Gasteiger partial charge in [-0.15, -0.1) is 11.6 Å². The van der Waals surface area contributed by atoms with E-state index >= 15 is 0 Å². The SMILES string of the molecule is Cc1ccc(NC(=O)NC(=O)C(C)Cl)cc1C(F)(F)F. The van der Waals surface area contributed by atoms with Crippen LogP contribution in [0.15, 0.2) is 18.2 Å². The zero-order valence-electron chi connectivity index (χ0n) is 10.6. The summed E-state index contributed by atoms with van der Waals surface area (Å²) in [6.45, 7) is 2.67. The highest BCUT2D eigenvalue weighted by Gasteiger charge is 2.32. The maximum atomic E-state index is 12.7. The molecule has 0 aromatic heterocycles. The van der Waals surface area contributed by atoms with Crippen molar-refractivity contribution < 1.29 is 22.8 Å². The normalized spacial score (nSPS) is 12.7. The van der Waals surface area contributed by atoms with Crippen LogP contribution >= 0.6 is 11.6 Å². The van der Waals surface area contributed by atoms with Crippen molar-refractivity contribution in [1.29, 1.82) is 0 Å². The summed E-state index contributed by atoms with van der Waals surface area (Å²) in [6.07, 6.45) is -4.52. The summed E-state index contributed by atoms with van der Waals surface area (Å²) >= 11 is 5.44. The molecule has 0 fully saturated rings. The number of urea groups is 1. The van der Waals surface area contributed by atoms with Crippen LogP contribution in [-0.2, 0) is 11.0 Å². The van der Waals surface area contributed by atoms with E-state index in [9.17, 15) is 22.8 Å². The molecule has 110 valence electrons. The molecule has 1 aromatic carbocycles. The maximum absolute atomic E-state index is 12.7. The van der Waals surface area contributed by atoms with Crippen molar-refractivity contribution in [3.05, 3.63) is 29.3 Å². The van der Waals surface area contributed by atoms with E-state index in [2.05, 4.69) is 5.32 Å². The first kappa shape index (κ1) is 16.3. The zero-order valence-corrected chi connectivity index (χ0v) is 11.4. The molecule has 1 unspecified atom stereocenters. The Balaban J connectivity index is 2.84. The van der Waals surface area contributed by atoms with Gasteiger partial charge in [0.1, 0.15) is 5.38 Å². The van der Waals surface area contributed by atoms with Gasteiger partial charge in [0.05, 0.1) is 5.56 Å². The molecular formula is C12H12ClF3N2O2. The number of hydrogen-bond acceptors (Lipinski definition) is 2. The van der Waals surface area contributed by atoms with Crippen molar-refractivity contribution in [1.82, 2.24) is 5.32 Å². The van der Waals surface area contributed by atoms with Crippen LogP contribution in [0.1, 0.15) is 18.1 Å². The smallest absolute Gasteiger partial charge is 0.308 e. The second-order valence-corrected chi connectivity index (χ2v) is 4.74. The van der Waals surface area contributed by atoms with Gasteiger partial charge in [0, 0.05) is 5.69 Å². The molecule has 0 saturated carbocycles. The van der Waals surface area contributed by atoms with Gasteiger partial charge in [-0.25, -0.2) is 4.79 Å². The number of aryl methyl sites for hydroxylation is 1. The van der Waals surface area contributed by atoms with Crippen molar-refractivity contribution in [3.8, 4) is 0 Å². The monoisotopic (exact) mass is 308 g/mol. The highest BCUT2D eigenvalue weighted by molar-refractivity contribution is 6.31. The van der Waals surface area contributed by atoms with Crippen LogP contribution in [0.4, 0.5) is 23.7 Å². The number of carbonyl (C=O) groups excluding carboxylic acids is 2. The van der Waals surface area contributed by atoms with Gasteiger partial charge in [-0.1, -0.05) is 6.07 Å². The van der Waals surface area contributed by atoms with Crippen LogP contribution < -0.4 is 10.6 Å². The van der Waals surface area contributed by atoms with E-state index in [1.165, 1.54) is 26.0 Å². The minimum absolute atomic E-state index is 0.0360. The Hall–Kier alpha value is -1.76. The summed E-state index contributed by atoms with van der Waals surface area (Å²) in [4.78, 5) is 22.5. The third kappa shape index (κ3) is 4.41. The number of benzene rings is 1. The van der Waals surface area contributed by atoms with E-state index in [0.29, 0.717) is 0 Å². The average molecular weight is 309 g/mol. The number of nitrogens with one attached hydrogen (secondary N) is 2. The first-order chi connectivity index (χ1) is 9.11. The number of halogens is 4. The van der Waals surface area contributed by atoms with E-state index in [0.717, 1.165) is 6.07 Å². The van der Waals surface area contributed by atoms with Gasteiger partial charge >= 0.3 is 12.2 Å². The van der Waals surface area contributed by atoms with Gasteiger partial charge in [-0.2, -0.15) is 13.2 Å². The molecule has 4 nitrogen and oxygen atoms in total. The first-order valence-electron chi connectivity index (χ1n) is 5.55. The summed E-state index contributed by atoms with van der Waals surface area (Å²) in [7, 11) is 0. The number of alkyl halides is 4. The lowest BCUT2D eigenvalue weighted by atomic mass is 10.1. The molecule has 0 aliphatic rings. The Morgan fingerprint density at radius 2 is 1.90 bits per heavy atom. The highest BCUT2D eigenvalue weighted by Crippen LogP contribution is 2.33. The summed E-state index contributed by atoms with van der Waals surface area (Å²) < 4.78 is 38.0. The summed E-state index contributed by atoms with van der Waals surface area (Å²) in [6, 6.07) is 2.38. The fourth-order valence-corrected chi connectivity index (χ4v) is 1.43. The van der Waals surface area contributed by atoms with Gasteiger partial charge in [0.15, 0.2) is 0 Å². The molecule has 0 saturated heterocycles. The van der Waals surface area contributed by atoms with Gasteiger partial charge in [0.25, 0.3) is 0 Å². The number of rotatable bonds is 2. The van der Waals surface area contributed by atoms with Crippen molar-refractivity contribution in [2.75, 3.05) is 5.32 Å². The minimum atomic E-state index is -4.52. The van der Waals surface area contributed by atoms with E-state index in [1.807, 2.05) is 5.32 Å². The van der Waals surface area contributed by atoms with E-state index < -0.39 is 29.1 Å². The first-order valence-corrected chi connectivity index (χ1v) is 5.98. The minimum Gasteiger partial charge on any atom is -0.308 e. The standard InChI is InChI=1S/C12H12ClF3N2O2/c1-6-3-4-8(5-9(6)12(14,15)16)17-11(20)18-10(19)7(2)13/h3-5,7H,1-2H3,(H2,17,18,19,20). The summed E-state index contributed by atoms with van der Waals surface area (Å²) in [5.41, 5.74) is -0.892. The Morgan fingerprint density at radius 1 is 1.30 bits per heavy atom. The Labute approximate surface area is 118 Å². The molecule has 2 N–H and O–H groups in total. The van der Waals surface area contributed by atoms with Crippen molar-refractivity contribution in [2.45, 2.75) is 25.4 Å². The molecule has 0 radical (unpaired) electrons. The number of imide groups is 1. The fourth-order valence-electron chi connectivity index (χ4n) is 1.38. The van der Waals surface area contributed by atoms with E-state index in [-0.39, 0.29) is 11.3 Å². The molecule has 3 amide bonds. The molecule has 0 bridgehead atoms. The Morgan fingerprint density at radius 3 is 2.40 bits per heavy atom. The van der Waals surface area contributed by atoms with Crippen LogP contribution in [0.2, 0.25) is 0 Å². The van der Waals surface area contributed by atoms with Crippen molar-refractivity contribution in [2.24, 2.45) is 0 Å². The molecule has 0 aliphatic carbocycles. The lowest BCUT2D eigenvalue weighted by molar-refractivity contribution is -0.138. The topological polar surface area (TPSA) is 58.2 Å². The number of hydrogen-bond donors (Lipinski definition) is 2. The Bertz CT molecular complexity index is 530. The molecule has 0 heterocycles. The quantitative estimate of drug-likeness (QED) is 0.824. The highest BCUT2D eigenvalue weighted by atomic mass is 35.5. The lowest BCUT2D eigenvalue weighted by Gasteiger charge is -2.13. The number of anilines is 1. The van der Waals surface area contributed by atoms with Gasteiger partial charge in [-0.05, 0) is 31.5 Å². The van der Waals surface area contributed by atoms with Crippen LogP contribution in [0.25, 0.3) is 0 Å². The van der Waals surface area contributed by atoms with Crippen molar-refractivity contribution in [3.63, 3.8) is 0 Å². The lowest BCUT2D eigenvalue weighted by Crippen LogP contribution is -2.38. The third-order valence-corrected chi connectivity index (χ3v) is 2.60. The molecule has 0 aliphatic heterocycles. The maximum Gasteiger partial charge on any atom is 0.416 e. The van der Waals surface area contributed by atoms with E-state index in [4.69, 9.17) is 11.6 Å². The van der Waals surface area contributed by atoms with Crippen molar-refractivity contribution >= 4 is 29.2 Å². The molecule has 0 spiro atoms. The predicted octanol–water partition coefficient (Wildman–Crippen LogP) is 3.29. The third-order valence-electron chi connectivity index (χ3n) is 2.40. The second kappa shape index (κ2) is 6.13. The van der Waals surface area contributed by atoms with Crippen LogP contribution in [0, 0.1) is 6.92 Å². The molecule has 8 heteroatoms. The summed E-state index contributed by atoms with van der Waals surface area (Å²) in [5.74, 6) is -0.743. The van der Waals surface area contributed by atoms with Gasteiger partial charge in [0.2, 0.25) is 5.91 Å². The molecule has 20 heavy (non-hydrogen) atoms. The Kier molecular flexibility index (Phi) is 4.99. The average Bonchev–Trinajstić information content (AvgIpc) is 2.29. The van der Waals surface area contributed by atoms with Gasteiger partial charge in [-0.3, -0.25) is 10.1 Å². The fraction of sp³-hybridized carbons (Fsp3) is 0.333. The molecule has 1 aromatic rings. The van der Waals surface area contributed by atoms with Gasteiger partial charge < -0.3 is 5.32 Å². The molecule has 1 rings (SSSR count). The van der Waals surface area contributed by atoms with E-state index in [1.54, 1.807) is 0 Å². The largest absolute Gasteiger partial charge is 0.416 e.